The summed E-state index contributed by atoms with van der Waals surface area (Å²) in [6.45, 7) is 4.38. The Morgan fingerprint density at radius 1 is 1.24 bits per heavy atom. The van der Waals surface area contributed by atoms with Gasteiger partial charge in [0.05, 0.1) is 4.90 Å². The topological polar surface area (TPSA) is 46.2 Å². The molecule has 0 heterocycles. The van der Waals surface area contributed by atoms with Crippen molar-refractivity contribution in [1.82, 2.24) is 4.72 Å². The molecule has 0 unspecified atom stereocenters. The van der Waals surface area contributed by atoms with Crippen LogP contribution in [-0.4, -0.2) is 20.8 Å². The van der Waals surface area contributed by atoms with Gasteiger partial charge in [-0.3, -0.25) is 0 Å². The number of benzene rings is 1. The zero-order valence-electron chi connectivity index (χ0n) is 10.1. The highest BCUT2D eigenvalue weighted by molar-refractivity contribution is 7.89. The second-order valence-electron chi connectivity index (χ2n) is 4.33. The van der Waals surface area contributed by atoms with Crippen molar-refractivity contribution in [2.75, 3.05) is 12.4 Å². The average molecular weight is 276 g/mol. The van der Waals surface area contributed by atoms with E-state index < -0.39 is 10.0 Å². The van der Waals surface area contributed by atoms with Gasteiger partial charge in [0.25, 0.3) is 0 Å². The molecule has 0 aliphatic rings. The lowest BCUT2D eigenvalue weighted by Crippen LogP contribution is -2.27. The molecular formula is C12H18ClNO2S. The molecule has 0 aliphatic heterocycles. The van der Waals surface area contributed by atoms with Crippen LogP contribution in [0.4, 0.5) is 0 Å². The Balaban J connectivity index is 2.77. The van der Waals surface area contributed by atoms with Gasteiger partial charge < -0.3 is 0 Å². The molecule has 5 heteroatoms. The van der Waals surface area contributed by atoms with Gasteiger partial charge in [-0.05, 0) is 30.0 Å². The summed E-state index contributed by atoms with van der Waals surface area (Å²) in [4.78, 5) is 0.302. The van der Waals surface area contributed by atoms with Crippen LogP contribution in [0.15, 0.2) is 29.2 Å². The first-order valence-corrected chi connectivity index (χ1v) is 7.62. The van der Waals surface area contributed by atoms with Gasteiger partial charge in [-0.25, -0.2) is 13.1 Å². The Bertz CT molecular complexity index is 440. The summed E-state index contributed by atoms with van der Waals surface area (Å²) >= 11 is 5.62. The summed E-state index contributed by atoms with van der Waals surface area (Å²) in [7, 11) is -3.37. The molecule has 17 heavy (non-hydrogen) atoms. The Labute approximate surface area is 108 Å². The second-order valence-corrected chi connectivity index (χ2v) is 6.47. The minimum atomic E-state index is -3.37. The van der Waals surface area contributed by atoms with E-state index in [1.54, 1.807) is 24.3 Å². The quantitative estimate of drug-likeness (QED) is 0.811. The number of hydrogen-bond donors (Lipinski definition) is 1. The summed E-state index contributed by atoms with van der Waals surface area (Å²) in [6, 6.07) is 6.83. The maximum Gasteiger partial charge on any atom is 0.240 e. The van der Waals surface area contributed by atoms with Gasteiger partial charge >= 0.3 is 0 Å². The molecule has 0 fully saturated rings. The van der Waals surface area contributed by atoms with E-state index in [9.17, 15) is 8.42 Å². The first-order valence-electron chi connectivity index (χ1n) is 5.60. The SMILES string of the molecule is CC(C)CNS(=O)(=O)c1ccc(CCCl)cc1. The van der Waals surface area contributed by atoms with Gasteiger partial charge in [0, 0.05) is 12.4 Å². The smallest absolute Gasteiger partial charge is 0.211 e. The minimum absolute atomic E-state index is 0.292. The van der Waals surface area contributed by atoms with Crippen LogP contribution in [0.5, 0.6) is 0 Å². The van der Waals surface area contributed by atoms with Crippen molar-refractivity contribution in [1.29, 1.82) is 0 Å². The molecule has 0 saturated carbocycles. The monoisotopic (exact) mass is 275 g/mol. The van der Waals surface area contributed by atoms with E-state index in [0.29, 0.717) is 23.2 Å². The summed E-state index contributed by atoms with van der Waals surface area (Å²) < 4.78 is 26.3. The van der Waals surface area contributed by atoms with Crippen LogP contribution in [0.2, 0.25) is 0 Å². The molecule has 1 aromatic rings. The molecule has 0 radical (unpaired) electrons. The molecule has 1 N–H and O–H groups in total. The molecule has 1 rings (SSSR count). The molecule has 0 amide bonds. The van der Waals surface area contributed by atoms with Crippen molar-refractivity contribution in [3.63, 3.8) is 0 Å². The lowest BCUT2D eigenvalue weighted by molar-refractivity contribution is 0.560. The predicted molar refractivity (Wildman–Crippen MR) is 70.9 cm³/mol. The highest BCUT2D eigenvalue weighted by Crippen LogP contribution is 2.11. The number of hydrogen-bond acceptors (Lipinski definition) is 2. The molecule has 0 atom stereocenters. The van der Waals surface area contributed by atoms with E-state index in [1.807, 2.05) is 13.8 Å². The fourth-order valence-corrected chi connectivity index (χ4v) is 2.74. The van der Waals surface area contributed by atoms with Crippen molar-refractivity contribution in [3.8, 4) is 0 Å². The van der Waals surface area contributed by atoms with Crippen LogP contribution in [0.25, 0.3) is 0 Å². The van der Waals surface area contributed by atoms with E-state index in [2.05, 4.69) is 4.72 Å². The van der Waals surface area contributed by atoms with Gasteiger partial charge in [-0.15, -0.1) is 11.6 Å². The van der Waals surface area contributed by atoms with Crippen LogP contribution >= 0.6 is 11.6 Å². The van der Waals surface area contributed by atoms with Crippen LogP contribution in [0.1, 0.15) is 19.4 Å². The summed E-state index contributed by atoms with van der Waals surface area (Å²) in [5, 5.41) is 0. The van der Waals surface area contributed by atoms with Gasteiger partial charge in [-0.2, -0.15) is 0 Å². The van der Waals surface area contributed by atoms with Crippen molar-refractivity contribution < 1.29 is 8.42 Å². The number of rotatable bonds is 6. The predicted octanol–water partition coefficient (Wildman–Crippen LogP) is 2.40. The van der Waals surface area contributed by atoms with Gasteiger partial charge in [0.1, 0.15) is 0 Å². The van der Waals surface area contributed by atoms with E-state index in [0.717, 1.165) is 12.0 Å². The van der Waals surface area contributed by atoms with Gasteiger partial charge in [0.15, 0.2) is 0 Å². The number of nitrogens with one attached hydrogen (secondary N) is 1. The van der Waals surface area contributed by atoms with Crippen molar-refractivity contribution in [2.45, 2.75) is 25.2 Å². The third kappa shape index (κ3) is 4.66. The number of halogens is 1. The lowest BCUT2D eigenvalue weighted by Gasteiger charge is -2.09. The van der Waals surface area contributed by atoms with Crippen LogP contribution < -0.4 is 4.72 Å². The zero-order chi connectivity index (χ0) is 12.9. The minimum Gasteiger partial charge on any atom is -0.211 e. The van der Waals surface area contributed by atoms with E-state index in [1.165, 1.54) is 0 Å². The fourth-order valence-electron chi connectivity index (χ4n) is 1.30. The molecule has 96 valence electrons. The highest BCUT2D eigenvalue weighted by Gasteiger charge is 2.13. The average Bonchev–Trinajstić information content (AvgIpc) is 2.28. The van der Waals surface area contributed by atoms with E-state index in [-0.39, 0.29) is 0 Å². The normalized spacial score (nSPS) is 12.0. The van der Waals surface area contributed by atoms with Crippen LogP contribution in [-0.2, 0) is 16.4 Å². The Morgan fingerprint density at radius 2 is 1.82 bits per heavy atom. The van der Waals surface area contributed by atoms with Crippen molar-refractivity contribution >= 4 is 21.6 Å². The first kappa shape index (κ1) is 14.5. The molecule has 0 spiro atoms. The molecule has 0 bridgehead atoms. The number of aryl methyl sites for hydroxylation is 1. The summed E-state index contributed by atoms with van der Waals surface area (Å²) in [6.07, 6.45) is 0.751. The van der Waals surface area contributed by atoms with Crippen molar-refractivity contribution in [3.05, 3.63) is 29.8 Å². The maximum absolute atomic E-state index is 11.9. The molecule has 3 nitrogen and oxygen atoms in total. The zero-order valence-corrected chi connectivity index (χ0v) is 11.7. The molecule has 0 aromatic heterocycles. The molecule has 0 aliphatic carbocycles. The molecule has 0 saturated heterocycles. The summed E-state index contributed by atoms with van der Waals surface area (Å²) in [5.41, 5.74) is 1.04. The Morgan fingerprint density at radius 3 is 2.29 bits per heavy atom. The Kier molecular flexibility index (Phi) is 5.43. The fraction of sp³-hybridized carbons (Fsp3) is 0.500. The highest BCUT2D eigenvalue weighted by atomic mass is 35.5. The Hall–Kier alpha value is -0.580. The molecular weight excluding hydrogens is 258 g/mol. The van der Waals surface area contributed by atoms with Gasteiger partial charge in [0.2, 0.25) is 10.0 Å². The number of sulfonamides is 1. The second kappa shape index (κ2) is 6.38. The van der Waals surface area contributed by atoms with E-state index >= 15 is 0 Å². The first-order chi connectivity index (χ1) is 7.95. The standard InChI is InChI=1S/C12H18ClNO2S/c1-10(2)9-14-17(15,16)12-5-3-11(4-6-12)7-8-13/h3-6,10,14H,7-9H2,1-2H3. The third-order valence-electron chi connectivity index (χ3n) is 2.30. The van der Waals surface area contributed by atoms with Crippen molar-refractivity contribution in [2.24, 2.45) is 5.92 Å². The van der Waals surface area contributed by atoms with Crippen LogP contribution in [0.3, 0.4) is 0 Å². The van der Waals surface area contributed by atoms with Crippen LogP contribution in [0, 0.1) is 5.92 Å². The number of alkyl halides is 1. The van der Waals surface area contributed by atoms with E-state index in [4.69, 9.17) is 11.6 Å². The largest absolute Gasteiger partial charge is 0.240 e. The third-order valence-corrected chi connectivity index (χ3v) is 3.93. The summed E-state index contributed by atoms with van der Waals surface area (Å²) in [5.74, 6) is 0.831. The maximum atomic E-state index is 11.9. The lowest BCUT2D eigenvalue weighted by atomic mass is 10.2. The van der Waals surface area contributed by atoms with Gasteiger partial charge in [-0.1, -0.05) is 26.0 Å². The molecule has 1 aromatic carbocycles.